The molecule has 0 radical (unpaired) electrons. The summed E-state index contributed by atoms with van der Waals surface area (Å²) >= 11 is 6.14. The average molecular weight is 588 g/mol. The first-order valence-corrected chi connectivity index (χ1v) is 12.3. The summed E-state index contributed by atoms with van der Waals surface area (Å²) in [6.45, 7) is 0.847. The highest BCUT2D eigenvalue weighted by atomic mass is 35.5. The van der Waals surface area contributed by atoms with Gasteiger partial charge >= 0.3 is 11.9 Å². The Labute approximate surface area is 228 Å². The van der Waals surface area contributed by atoms with Crippen molar-refractivity contribution < 1.29 is 31.5 Å². The molecule has 10 nitrogen and oxygen atoms in total. The third-order valence-electron chi connectivity index (χ3n) is 6.20. The highest BCUT2D eigenvalue weighted by Gasteiger charge is 2.29. The molecule has 0 atom stereocenters. The van der Waals surface area contributed by atoms with E-state index in [0.29, 0.717) is 36.9 Å². The van der Waals surface area contributed by atoms with Gasteiger partial charge in [-0.25, -0.2) is 18.7 Å². The molecule has 2 aromatic carbocycles. The van der Waals surface area contributed by atoms with Crippen LogP contribution < -0.4 is 21.2 Å². The minimum Gasteiger partial charge on any atom is -0.367 e. The summed E-state index contributed by atoms with van der Waals surface area (Å²) in [5.74, 6) is -4.92. The maximum absolute atomic E-state index is 14.9. The number of hydrogen-bond acceptors (Lipinski definition) is 6. The first-order valence-electron chi connectivity index (χ1n) is 12.0. The Kier molecular flexibility index (Phi) is 8.73. The van der Waals surface area contributed by atoms with Crippen molar-refractivity contribution in [2.75, 3.05) is 42.9 Å². The third-order valence-corrected chi connectivity index (χ3v) is 6.43. The second-order valence-corrected chi connectivity index (χ2v) is 9.36. The fourth-order valence-corrected chi connectivity index (χ4v) is 4.26. The lowest BCUT2D eigenvalue weighted by molar-refractivity contribution is -0.138. The Hall–Kier alpha value is -3.98. The van der Waals surface area contributed by atoms with Crippen molar-refractivity contribution >= 4 is 34.8 Å². The van der Waals surface area contributed by atoms with E-state index < -0.39 is 53.8 Å². The molecule has 0 bridgehead atoms. The molecule has 16 heteroatoms. The molecule has 4 rings (SSSR count). The van der Waals surface area contributed by atoms with Crippen molar-refractivity contribution in [3.8, 4) is 0 Å². The molecule has 1 aromatic heterocycles. The summed E-state index contributed by atoms with van der Waals surface area (Å²) in [6, 6.07) is 6.74. The number of carbonyl (C=O) groups is 2. The van der Waals surface area contributed by atoms with Gasteiger partial charge in [0.2, 0.25) is 5.82 Å². The minimum atomic E-state index is -4.25. The van der Waals surface area contributed by atoms with E-state index in [-0.39, 0.29) is 23.6 Å². The number of anilines is 2. The van der Waals surface area contributed by atoms with Crippen molar-refractivity contribution in [1.82, 2.24) is 25.4 Å². The molecular weight excluding hydrogens is 565 g/mol. The first kappa shape index (κ1) is 29.0. The van der Waals surface area contributed by atoms with Gasteiger partial charge in [0.05, 0.1) is 23.4 Å². The molecule has 3 aromatic rings. The number of rotatable bonds is 8. The highest BCUT2D eigenvalue weighted by Crippen LogP contribution is 2.31. The number of hydrogen-bond donors (Lipinski definition) is 4. The second kappa shape index (κ2) is 12.0. The van der Waals surface area contributed by atoms with Crippen LogP contribution in [-0.2, 0) is 6.54 Å². The van der Waals surface area contributed by atoms with Gasteiger partial charge in [0.1, 0.15) is 0 Å². The average Bonchev–Trinajstić information content (AvgIpc) is 3.35. The molecule has 1 aliphatic rings. The van der Waals surface area contributed by atoms with Gasteiger partial charge in [-0.2, -0.15) is 13.2 Å². The molecule has 0 spiro atoms. The zero-order valence-corrected chi connectivity index (χ0v) is 21.4. The summed E-state index contributed by atoms with van der Waals surface area (Å²) in [6.07, 6.45) is -5.16. The van der Waals surface area contributed by atoms with E-state index in [2.05, 4.69) is 20.7 Å². The quantitative estimate of drug-likeness (QED) is 0.300. The highest BCUT2D eigenvalue weighted by molar-refractivity contribution is 6.31. The maximum atomic E-state index is 14.9. The summed E-state index contributed by atoms with van der Waals surface area (Å²) in [5.41, 5.74) is -0.835. The number of halogens is 6. The second-order valence-electron chi connectivity index (χ2n) is 8.92. The van der Waals surface area contributed by atoms with Crippen LogP contribution in [0.4, 0.5) is 33.3 Å². The smallest absolute Gasteiger partial charge is 0.367 e. The van der Waals surface area contributed by atoms with E-state index in [0.717, 1.165) is 12.1 Å². The standard InChI is InChI=1S/C24H23ClF5N7O3/c25-14-2-4-16(17(11-14)37-9-7-36(8-10-37)6-5-24(28,29)30)32-21(38)15-3-1-13(18(26)19(15)27)12-31-22(39)20-33-23(40)35-34-20/h1-4,11H,5-10,12H2,(H,31,39)(H,32,38)(H2,33,34,35,40). The number of nitrogens with zero attached hydrogens (tertiary/aromatic N) is 3. The number of benzene rings is 2. The zero-order chi connectivity index (χ0) is 29.0. The Bertz CT molecular complexity index is 1450. The number of aromatic amines is 2. The first-order chi connectivity index (χ1) is 18.9. The molecule has 214 valence electrons. The van der Waals surface area contributed by atoms with Gasteiger partial charge in [0.25, 0.3) is 11.8 Å². The number of amides is 2. The fraction of sp³-hybridized carbons (Fsp3) is 0.333. The molecule has 2 amide bonds. The molecular formula is C24H23ClF5N7O3. The Balaban J connectivity index is 1.43. The van der Waals surface area contributed by atoms with Gasteiger partial charge in [-0.3, -0.25) is 19.5 Å². The number of carbonyl (C=O) groups excluding carboxylic acids is 2. The SMILES string of the molecule is O=C(NCc1ccc(C(=O)Nc2ccc(Cl)cc2N2CCN(CCC(F)(F)F)CC2)c(F)c1F)c1n[nH]c(=O)[nH]1. The van der Waals surface area contributed by atoms with Crippen LogP contribution in [0.5, 0.6) is 0 Å². The molecule has 2 heterocycles. The number of nitrogens with one attached hydrogen (secondary N) is 4. The predicted molar refractivity (Wildman–Crippen MR) is 135 cm³/mol. The number of piperazine rings is 1. The summed E-state index contributed by atoms with van der Waals surface area (Å²) in [7, 11) is 0. The van der Waals surface area contributed by atoms with Crippen molar-refractivity contribution in [2.45, 2.75) is 19.1 Å². The lowest BCUT2D eigenvalue weighted by atomic mass is 10.1. The molecule has 1 saturated heterocycles. The fourth-order valence-electron chi connectivity index (χ4n) is 4.10. The Morgan fingerprint density at radius 1 is 1.02 bits per heavy atom. The van der Waals surface area contributed by atoms with Gasteiger partial charge < -0.3 is 15.5 Å². The van der Waals surface area contributed by atoms with Crippen molar-refractivity contribution in [1.29, 1.82) is 0 Å². The van der Waals surface area contributed by atoms with E-state index in [4.69, 9.17) is 11.6 Å². The van der Waals surface area contributed by atoms with Crippen LogP contribution >= 0.6 is 11.6 Å². The number of H-pyrrole nitrogens is 2. The Morgan fingerprint density at radius 2 is 1.75 bits per heavy atom. The van der Waals surface area contributed by atoms with Crippen LogP contribution in [0.1, 0.15) is 33.0 Å². The monoisotopic (exact) mass is 587 g/mol. The summed E-state index contributed by atoms with van der Waals surface area (Å²) < 4.78 is 67.2. The van der Waals surface area contributed by atoms with Crippen LogP contribution in [0, 0.1) is 11.6 Å². The van der Waals surface area contributed by atoms with Crippen LogP contribution in [0.15, 0.2) is 35.1 Å². The normalized spacial score (nSPS) is 14.3. The number of aromatic nitrogens is 3. The van der Waals surface area contributed by atoms with Gasteiger partial charge in [-0.1, -0.05) is 17.7 Å². The third kappa shape index (κ3) is 7.15. The van der Waals surface area contributed by atoms with Crippen LogP contribution in [0.2, 0.25) is 5.02 Å². The van der Waals surface area contributed by atoms with Crippen LogP contribution in [-0.4, -0.2) is 70.8 Å². The Morgan fingerprint density at radius 3 is 2.40 bits per heavy atom. The zero-order valence-electron chi connectivity index (χ0n) is 20.7. The maximum Gasteiger partial charge on any atom is 0.390 e. The lowest BCUT2D eigenvalue weighted by Crippen LogP contribution is -2.47. The van der Waals surface area contributed by atoms with Crippen molar-refractivity contribution in [2.24, 2.45) is 0 Å². The predicted octanol–water partition coefficient (Wildman–Crippen LogP) is 3.29. The lowest BCUT2D eigenvalue weighted by Gasteiger charge is -2.37. The van der Waals surface area contributed by atoms with Gasteiger partial charge in [0, 0.05) is 49.9 Å². The van der Waals surface area contributed by atoms with E-state index in [9.17, 15) is 36.3 Å². The molecule has 0 saturated carbocycles. The molecule has 40 heavy (non-hydrogen) atoms. The van der Waals surface area contributed by atoms with E-state index in [1.807, 2.05) is 10.00 Å². The topological polar surface area (TPSA) is 126 Å². The molecule has 1 fully saturated rings. The van der Waals surface area contributed by atoms with E-state index in [1.165, 1.54) is 12.1 Å². The van der Waals surface area contributed by atoms with E-state index in [1.54, 1.807) is 11.0 Å². The molecule has 4 N–H and O–H groups in total. The van der Waals surface area contributed by atoms with Gasteiger partial charge in [0.15, 0.2) is 11.6 Å². The summed E-state index contributed by atoms with van der Waals surface area (Å²) in [5, 5.41) is 10.6. The van der Waals surface area contributed by atoms with Crippen LogP contribution in [0.3, 0.4) is 0 Å². The van der Waals surface area contributed by atoms with Gasteiger partial charge in [-0.15, -0.1) is 5.10 Å². The number of alkyl halides is 3. The summed E-state index contributed by atoms with van der Waals surface area (Å²) in [4.78, 5) is 41.6. The van der Waals surface area contributed by atoms with Crippen LogP contribution in [0.25, 0.3) is 0 Å². The van der Waals surface area contributed by atoms with E-state index >= 15 is 0 Å². The van der Waals surface area contributed by atoms with Crippen molar-refractivity contribution in [3.63, 3.8) is 0 Å². The molecule has 0 unspecified atom stereocenters. The van der Waals surface area contributed by atoms with Gasteiger partial charge in [-0.05, 0) is 24.3 Å². The van der Waals surface area contributed by atoms with Crippen molar-refractivity contribution in [3.05, 3.63) is 74.4 Å². The molecule has 0 aliphatic carbocycles. The minimum absolute atomic E-state index is 0.122. The molecule has 1 aliphatic heterocycles. The largest absolute Gasteiger partial charge is 0.390 e.